The molecule has 0 radical (unpaired) electrons. The molecule has 0 aliphatic carbocycles. The Labute approximate surface area is 120 Å². The fourth-order valence-corrected chi connectivity index (χ4v) is 2.38. The number of piperidine rings is 1. The van der Waals surface area contributed by atoms with E-state index in [0.29, 0.717) is 16.6 Å². The normalized spacial score (nSPS) is 19.3. The Hall–Kier alpha value is -0.650. The molecule has 100 valence electrons. The van der Waals surface area contributed by atoms with Gasteiger partial charge in [-0.15, -0.1) is 12.4 Å². The molecule has 1 aliphatic rings. The SMILES string of the molecule is Cl.NC1CCCN(C(=O)c2ccc(F)c(Br)c2)C1. The van der Waals surface area contributed by atoms with Crippen LogP contribution in [0.15, 0.2) is 22.7 Å². The van der Waals surface area contributed by atoms with E-state index in [0.717, 1.165) is 19.4 Å². The Kier molecular flexibility index (Phi) is 5.56. The monoisotopic (exact) mass is 336 g/mol. The number of rotatable bonds is 1. The van der Waals surface area contributed by atoms with Crippen molar-refractivity contribution in [2.45, 2.75) is 18.9 Å². The minimum atomic E-state index is -0.364. The summed E-state index contributed by atoms with van der Waals surface area (Å²) < 4.78 is 13.4. The highest BCUT2D eigenvalue weighted by atomic mass is 79.9. The summed E-state index contributed by atoms with van der Waals surface area (Å²) in [7, 11) is 0. The van der Waals surface area contributed by atoms with Crippen LogP contribution in [0.1, 0.15) is 23.2 Å². The van der Waals surface area contributed by atoms with Gasteiger partial charge in [0.2, 0.25) is 0 Å². The van der Waals surface area contributed by atoms with Crippen molar-refractivity contribution in [3.63, 3.8) is 0 Å². The lowest BCUT2D eigenvalue weighted by molar-refractivity contribution is 0.0708. The van der Waals surface area contributed by atoms with Crippen LogP contribution in [0.5, 0.6) is 0 Å². The lowest BCUT2D eigenvalue weighted by atomic mass is 10.1. The highest BCUT2D eigenvalue weighted by Crippen LogP contribution is 2.19. The van der Waals surface area contributed by atoms with Gasteiger partial charge in [-0.2, -0.15) is 0 Å². The van der Waals surface area contributed by atoms with Crippen molar-refractivity contribution in [2.75, 3.05) is 13.1 Å². The van der Waals surface area contributed by atoms with Gasteiger partial charge in [0.05, 0.1) is 4.47 Å². The molecule has 1 aromatic carbocycles. The third kappa shape index (κ3) is 3.43. The van der Waals surface area contributed by atoms with Gasteiger partial charge in [-0.25, -0.2) is 4.39 Å². The third-order valence-corrected chi connectivity index (χ3v) is 3.52. The van der Waals surface area contributed by atoms with Crippen LogP contribution in [0, 0.1) is 5.82 Å². The standard InChI is InChI=1S/C12H14BrFN2O.ClH/c13-10-6-8(3-4-11(10)14)12(17)16-5-1-2-9(15)7-16;/h3-4,6,9H,1-2,5,7,15H2;1H. The number of carbonyl (C=O) groups is 1. The summed E-state index contributed by atoms with van der Waals surface area (Å²) in [6, 6.07) is 4.36. The average Bonchev–Trinajstić information content (AvgIpc) is 2.32. The number of amides is 1. The zero-order valence-corrected chi connectivity index (χ0v) is 12.1. The Morgan fingerprint density at radius 2 is 2.22 bits per heavy atom. The zero-order chi connectivity index (χ0) is 12.4. The molecule has 1 atom stereocenters. The second-order valence-corrected chi connectivity index (χ2v) is 5.14. The van der Waals surface area contributed by atoms with Crippen LogP contribution in [0.4, 0.5) is 4.39 Å². The van der Waals surface area contributed by atoms with E-state index in [1.807, 2.05) is 0 Å². The summed E-state index contributed by atoms with van der Waals surface area (Å²) in [6.45, 7) is 1.30. The van der Waals surface area contributed by atoms with E-state index >= 15 is 0 Å². The molecule has 2 rings (SSSR count). The van der Waals surface area contributed by atoms with Gasteiger partial charge in [-0.1, -0.05) is 0 Å². The van der Waals surface area contributed by atoms with Crippen LogP contribution in [0.3, 0.4) is 0 Å². The first-order valence-corrected chi connectivity index (χ1v) is 6.37. The summed E-state index contributed by atoms with van der Waals surface area (Å²) in [5, 5.41) is 0. The van der Waals surface area contributed by atoms with Crippen molar-refractivity contribution in [2.24, 2.45) is 5.73 Å². The van der Waals surface area contributed by atoms with E-state index in [1.54, 1.807) is 4.90 Å². The molecule has 1 unspecified atom stereocenters. The van der Waals surface area contributed by atoms with Crippen molar-refractivity contribution >= 4 is 34.2 Å². The first kappa shape index (κ1) is 15.4. The van der Waals surface area contributed by atoms with Crippen LogP contribution < -0.4 is 5.73 Å². The van der Waals surface area contributed by atoms with Crippen molar-refractivity contribution < 1.29 is 9.18 Å². The van der Waals surface area contributed by atoms with E-state index in [1.165, 1.54) is 18.2 Å². The fourth-order valence-electron chi connectivity index (χ4n) is 2.01. The predicted octanol–water partition coefficient (Wildman–Crippen LogP) is 2.57. The number of halogens is 3. The van der Waals surface area contributed by atoms with E-state index in [2.05, 4.69) is 15.9 Å². The second-order valence-electron chi connectivity index (χ2n) is 4.28. The number of hydrogen-bond acceptors (Lipinski definition) is 2. The lowest BCUT2D eigenvalue weighted by Gasteiger charge is -2.30. The van der Waals surface area contributed by atoms with E-state index < -0.39 is 0 Å². The first-order chi connectivity index (χ1) is 8.08. The highest BCUT2D eigenvalue weighted by molar-refractivity contribution is 9.10. The summed E-state index contributed by atoms with van der Waals surface area (Å²) in [6.07, 6.45) is 1.88. The van der Waals surface area contributed by atoms with Crippen LogP contribution in [0.25, 0.3) is 0 Å². The van der Waals surface area contributed by atoms with Gasteiger partial charge in [0.15, 0.2) is 0 Å². The fraction of sp³-hybridized carbons (Fsp3) is 0.417. The van der Waals surface area contributed by atoms with Gasteiger partial charge < -0.3 is 10.6 Å². The molecular formula is C12H15BrClFN2O. The van der Waals surface area contributed by atoms with Gasteiger partial charge >= 0.3 is 0 Å². The number of likely N-dealkylation sites (tertiary alicyclic amines) is 1. The van der Waals surface area contributed by atoms with E-state index in [9.17, 15) is 9.18 Å². The smallest absolute Gasteiger partial charge is 0.253 e. The number of hydrogen-bond donors (Lipinski definition) is 1. The Balaban J connectivity index is 0.00000162. The van der Waals surface area contributed by atoms with Crippen molar-refractivity contribution in [1.82, 2.24) is 4.90 Å². The van der Waals surface area contributed by atoms with Crippen LogP contribution in [-0.4, -0.2) is 29.9 Å². The van der Waals surface area contributed by atoms with Crippen LogP contribution in [0.2, 0.25) is 0 Å². The first-order valence-electron chi connectivity index (χ1n) is 5.58. The molecule has 18 heavy (non-hydrogen) atoms. The van der Waals surface area contributed by atoms with Crippen molar-refractivity contribution in [3.8, 4) is 0 Å². The number of carbonyl (C=O) groups excluding carboxylic acids is 1. The Morgan fingerprint density at radius 3 is 2.83 bits per heavy atom. The summed E-state index contributed by atoms with van der Waals surface area (Å²) in [4.78, 5) is 13.9. The second kappa shape index (κ2) is 6.50. The molecule has 0 saturated carbocycles. The maximum absolute atomic E-state index is 13.1. The van der Waals surface area contributed by atoms with Crippen molar-refractivity contribution in [1.29, 1.82) is 0 Å². The molecule has 1 aromatic rings. The van der Waals surface area contributed by atoms with E-state index in [4.69, 9.17) is 5.73 Å². The summed E-state index contributed by atoms with van der Waals surface area (Å²) in [5.41, 5.74) is 6.32. The number of benzene rings is 1. The summed E-state index contributed by atoms with van der Waals surface area (Å²) >= 11 is 3.08. The maximum atomic E-state index is 13.1. The van der Waals surface area contributed by atoms with Crippen molar-refractivity contribution in [3.05, 3.63) is 34.1 Å². The predicted molar refractivity (Wildman–Crippen MR) is 74.5 cm³/mol. The van der Waals surface area contributed by atoms with Gasteiger partial charge in [-0.3, -0.25) is 4.79 Å². The molecule has 0 bridgehead atoms. The van der Waals surface area contributed by atoms with Gasteiger partial charge in [-0.05, 0) is 47.0 Å². The lowest BCUT2D eigenvalue weighted by Crippen LogP contribution is -2.45. The topological polar surface area (TPSA) is 46.3 Å². The number of nitrogens with zero attached hydrogens (tertiary/aromatic N) is 1. The molecule has 1 aliphatic heterocycles. The molecule has 3 nitrogen and oxygen atoms in total. The minimum Gasteiger partial charge on any atom is -0.337 e. The van der Waals surface area contributed by atoms with Gasteiger partial charge in [0, 0.05) is 24.7 Å². The van der Waals surface area contributed by atoms with Crippen LogP contribution in [-0.2, 0) is 0 Å². The van der Waals surface area contributed by atoms with Gasteiger partial charge in [0.25, 0.3) is 5.91 Å². The summed E-state index contributed by atoms with van der Waals surface area (Å²) in [5.74, 6) is -0.447. The average molecular weight is 338 g/mol. The Bertz CT molecular complexity index is 444. The molecule has 0 aromatic heterocycles. The Morgan fingerprint density at radius 1 is 1.50 bits per heavy atom. The molecule has 6 heteroatoms. The largest absolute Gasteiger partial charge is 0.337 e. The molecule has 1 amide bonds. The van der Waals surface area contributed by atoms with Gasteiger partial charge in [0.1, 0.15) is 5.82 Å². The third-order valence-electron chi connectivity index (χ3n) is 2.91. The molecule has 2 N–H and O–H groups in total. The molecular weight excluding hydrogens is 322 g/mol. The molecule has 1 saturated heterocycles. The molecule has 1 fully saturated rings. The van der Waals surface area contributed by atoms with E-state index in [-0.39, 0.29) is 30.2 Å². The molecule has 0 spiro atoms. The quantitative estimate of drug-likeness (QED) is 0.856. The minimum absolute atomic E-state index is 0. The highest BCUT2D eigenvalue weighted by Gasteiger charge is 2.22. The maximum Gasteiger partial charge on any atom is 0.253 e. The molecule has 1 heterocycles. The number of nitrogens with two attached hydrogens (primary N) is 1. The zero-order valence-electron chi connectivity index (χ0n) is 9.73. The van der Waals surface area contributed by atoms with Crippen LogP contribution >= 0.6 is 28.3 Å².